The zero-order valence-electron chi connectivity index (χ0n) is 11.3. The van der Waals surface area contributed by atoms with Gasteiger partial charge in [-0.1, -0.05) is 57.7 Å². The average Bonchev–Trinajstić information content (AvgIpc) is 2.80. The van der Waals surface area contributed by atoms with E-state index in [4.69, 9.17) is 18.0 Å². The van der Waals surface area contributed by atoms with Crippen LogP contribution in [0.3, 0.4) is 0 Å². The lowest BCUT2D eigenvalue weighted by atomic mass is 10.1. The second kappa shape index (κ2) is 8.87. The predicted octanol–water partition coefficient (Wildman–Crippen LogP) is 3.49. The van der Waals surface area contributed by atoms with E-state index in [-0.39, 0.29) is 0 Å². The molecule has 1 aliphatic carbocycles. The molecule has 0 spiro atoms. The maximum absolute atomic E-state index is 5.70. The Morgan fingerprint density at radius 1 is 1.18 bits per heavy atom. The van der Waals surface area contributed by atoms with Crippen LogP contribution in [0, 0.1) is 0 Å². The molecule has 1 saturated carbocycles. The molecule has 0 aliphatic heterocycles. The second-order valence-corrected chi connectivity index (χ2v) is 5.81. The van der Waals surface area contributed by atoms with Crippen molar-refractivity contribution < 1.29 is 0 Å². The summed E-state index contributed by atoms with van der Waals surface area (Å²) in [4.78, 5) is 3.19. The van der Waals surface area contributed by atoms with Gasteiger partial charge in [0.05, 0.1) is 4.99 Å². The van der Waals surface area contributed by atoms with E-state index < -0.39 is 0 Å². The second-order valence-electron chi connectivity index (χ2n) is 5.29. The van der Waals surface area contributed by atoms with Crippen LogP contribution in [0.5, 0.6) is 0 Å². The van der Waals surface area contributed by atoms with E-state index in [2.05, 4.69) is 11.8 Å². The third-order valence-corrected chi connectivity index (χ3v) is 3.88. The van der Waals surface area contributed by atoms with Crippen molar-refractivity contribution >= 4 is 17.2 Å². The molecule has 0 bridgehead atoms. The van der Waals surface area contributed by atoms with Gasteiger partial charge in [-0.15, -0.1) is 0 Å². The van der Waals surface area contributed by atoms with Gasteiger partial charge in [-0.05, 0) is 25.8 Å². The Morgan fingerprint density at radius 3 is 2.41 bits per heavy atom. The predicted molar refractivity (Wildman–Crippen MR) is 79.4 cm³/mol. The third-order valence-electron chi connectivity index (χ3n) is 3.75. The first-order chi connectivity index (χ1) is 8.24. The van der Waals surface area contributed by atoms with Crippen LogP contribution < -0.4 is 5.73 Å². The average molecular weight is 256 g/mol. The maximum Gasteiger partial charge on any atom is 0.0870 e. The summed E-state index contributed by atoms with van der Waals surface area (Å²) in [6.07, 6.45) is 12.2. The van der Waals surface area contributed by atoms with Crippen molar-refractivity contribution in [1.82, 2.24) is 4.90 Å². The highest BCUT2D eigenvalue weighted by molar-refractivity contribution is 7.80. The molecule has 1 fully saturated rings. The van der Waals surface area contributed by atoms with Gasteiger partial charge in [0.15, 0.2) is 0 Å². The topological polar surface area (TPSA) is 29.3 Å². The van der Waals surface area contributed by atoms with E-state index in [0.717, 1.165) is 12.6 Å². The minimum atomic E-state index is 0.658. The summed E-state index contributed by atoms with van der Waals surface area (Å²) in [7, 11) is 0. The summed E-state index contributed by atoms with van der Waals surface area (Å²) in [6, 6.07) is 0.752. The molecule has 0 unspecified atom stereocenters. The molecule has 1 rings (SSSR count). The fourth-order valence-electron chi connectivity index (χ4n) is 2.78. The van der Waals surface area contributed by atoms with E-state index in [0.29, 0.717) is 4.99 Å². The van der Waals surface area contributed by atoms with Crippen molar-refractivity contribution in [2.24, 2.45) is 5.73 Å². The van der Waals surface area contributed by atoms with Gasteiger partial charge < -0.3 is 5.73 Å². The van der Waals surface area contributed by atoms with Gasteiger partial charge >= 0.3 is 0 Å². The van der Waals surface area contributed by atoms with Gasteiger partial charge in [-0.25, -0.2) is 0 Å². The highest BCUT2D eigenvalue weighted by atomic mass is 32.1. The monoisotopic (exact) mass is 256 g/mol. The quantitative estimate of drug-likeness (QED) is 0.506. The molecule has 0 amide bonds. The van der Waals surface area contributed by atoms with Crippen LogP contribution >= 0.6 is 12.2 Å². The molecular formula is C14H28N2S. The normalized spacial score (nSPS) is 16.8. The smallest absolute Gasteiger partial charge is 0.0870 e. The van der Waals surface area contributed by atoms with Crippen molar-refractivity contribution in [3.63, 3.8) is 0 Å². The zero-order valence-corrected chi connectivity index (χ0v) is 12.1. The molecule has 17 heavy (non-hydrogen) atoms. The standard InChI is InChI=1S/C14H28N2S/c1-2-3-4-5-8-11-16(12-14(15)17)13-9-6-7-10-13/h13H,2-12H2,1H3,(H2,15,17). The summed E-state index contributed by atoms with van der Waals surface area (Å²) in [6.45, 7) is 4.27. The van der Waals surface area contributed by atoms with E-state index in [1.807, 2.05) is 0 Å². The van der Waals surface area contributed by atoms with Gasteiger partial charge in [-0.2, -0.15) is 0 Å². The molecule has 2 N–H and O–H groups in total. The van der Waals surface area contributed by atoms with Crippen LogP contribution in [0.1, 0.15) is 64.7 Å². The Balaban J connectivity index is 2.22. The molecule has 100 valence electrons. The lowest BCUT2D eigenvalue weighted by molar-refractivity contribution is 0.222. The number of unbranched alkanes of at least 4 members (excludes halogenated alkanes) is 4. The Hall–Kier alpha value is -0.150. The highest BCUT2D eigenvalue weighted by Gasteiger charge is 2.22. The van der Waals surface area contributed by atoms with Crippen molar-refractivity contribution in [3.8, 4) is 0 Å². The minimum absolute atomic E-state index is 0.658. The molecule has 0 atom stereocenters. The first-order valence-electron chi connectivity index (χ1n) is 7.26. The maximum atomic E-state index is 5.70. The van der Waals surface area contributed by atoms with Crippen molar-refractivity contribution in [3.05, 3.63) is 0 Å². The molecule has 3 heteroatoms. The molecule has 2 nitrogen and oxygen atoms in total. The first kappa shape index (κ1) is 14.9. The van der Waals surface area contributed by atoms with Crippen LogP contribution in [-0.2, 0) is 0 Å². The van der Waals surface area contributed by atoms with Gasteiger partial charge in [-0.3, -0.25) is 4.90 Å². The summed E-state index contributed by atoms with van der Waals surface area (Å²) < 4.78 is 0. The lowest BCUT2D eigenvalue weighted by Crippen LogP contribution is -2.40. The lowest BCUT2D eigenvalue weighted by Gasteiger charge is -2.28. The van der Waals surface area contributed by atoms with Crippen molar-refractivity contribution in [1.29, 1.82) is 0 Å². The first-order valence-corrected chi connectivity index (χ1v) is 7.67. The fraction of sp³-hybridized carbons (Fsp3) is 0.929. The van der Waals surface area contributed by atoms with Crippen LogP contribution in [0.2, 0.25) is 0 Å². The molecule has 0 radical (unpaired) electrons. The Bertz CT molecular complexity index is 212. The number of nitrogens with zero attached hydrogens (tertiary/aromatic N) is 1. The third kappa shape index (κ3) is 6.37. The van der Waals surface area contributed by atoms with Gasteiger partial charge in [0, 0.05) is 12.6 Å². The number of nitrogens with two attached hydrogens (primary N) is 1. The Morgan fingerprint density at radius 2 is 1.82 bits per heavy atom. The molecule has 1 aliphatic rings. The van der Waals surface area contributed by atoms with Crippen LogP contribution in [-0.4, -0.2) is 29.0 Å². The van der Waals surface area contributed by atoms with E-state index in [1.54, 1.807) is 0 Å². The number of hydrogen-bond acceptors (Lipinski definition) is 2. The molecule has 0 aromatic carbocycles. The van der Waals surface area contributed by atoms with E-state index in [1.165, 1.54) is 64.3 Å². The summed E-state index contributed by atoms with van der Waals surface area (Å²) in [5.41, 5.74) is 5.70. The number of thiocarbonyl (C=S) groups is 1. The summed E-state index contributed by atoms with van der Waals surface area (Å²) >= 11 is 5.06. The van der Waals surface area contributed by atoms with Crippen molar-refractivity contribution in [2.75, 3.05) is 13.1 Å². The minimum Gasteiger partial charge on any atom is -0.392 e. The molecule has 0 aromatic heterocycles. The van der Waals surface area contributed by atoms with Crippen LogP contribution in [0.15, 0.2) is 0 Å². The summed E-state index contributed by atoms with van der Waals surface area (Å²) in [5, 5.41) is 0. The number of rotatable bonds is 9. The molecule has 0 aromatic rings. The van der Waals surface area contributed by atoms with Crippen molar-refractivity contribution in [2.45, 2.75) is 70.8 Å². The fourth-order valence-corrected chi connectivity index (χ4v) is 2.94. The zero-order chi connectivity index (χ0) is 12.5. The van der Waals surface area contributed by atoms with E-state index >= 15 is 0 Å². The summed E-state index contributed by atoms with van der Waals surface area (Å²) in [5.74, 6) is 0. The molecular weight excluding hydrogens is 228 g/mol. The Labute approximate surface area is 112 Å². The van der Waals surface area contributed by atoms with E-state index in [9.17, 15) is 0 Å². The van der Waals surface area contributed by atoms with Gasteiger partial charge in [0.1, 0.15) is 0 Å². The molecule has 0 saturated heterocycles. The Kier molecular flexibility index (Phi) is 7.78. The van der Waals surface area contributed by atoms with Crippen LogP contribution in [0.4, 0.5) is 0 Å². The molecule has 0 heterocycles. The largest absolute Gasteiger partial charge is 0.392 e. The van der Waals surface area contributed by atoms with Gasteiger partial charge in [0.25, 0.3) is 0 Å². The highest BCUT2D eigenvalue weighted by Crippen LogP contribution is 2.23. The number of hydrogen-bond donors (Lipinski definition) is 1. The van der Waals surface area contributed by atoms with Gasteiger partial charge in [0.2, 0.25) is 0 Å². The SMILES string of the molecule is CCCCCCCN(CC(N)=S)C1CCCC1. The van der Waals surface area contributed by atoms with Crippen LogP contribution in [0.25, 0.3) is 0 Å².